The molecule has 1 amide bonds. The van der Waals surface area contributed by atoms with E-state index in [0.29, 0.717) is 18.6 Å². The average molecular weight is 325 g/mol. The molecule has 0 aliphatic heterocycles. The molecule has 1 saturated carbocycles. The van der Waals surface area contributed by atoms with Gasteiger partial charge in [0.1, 0.15) is 11.5 Å². The Morgan fingerprint density at radius 3 is 2.62 bits per heavy atom. The first-order valence-electron chi connectivity index (χ1n) is 7.96. The van der Waals surface area contributed by atoms with Crippen LogP contribution in [0.25, 0.3) is 0 Å². The van der Waals surface area contributed by atoms with Crippen LogP contribution >= 0.6 is 0 Å². The Hall–Kier alpha value is -2.54. The van der Waals surface area contributed by atoms with Crippen LogP contribution in [0, 0.1) is 18.8 Å². The Labute approximate surface area is 143 Å². The van der Waals surface area contributed by atoms with E-state index < -0.39 is 5.92 Å². The number of ketones is 1. The molecule has 0 radical (unpaired) electrons. The summed E-state index contributed by atoms with van der Waals surface area (Å²) < 4.78 is 5.52. The number of Topliss-reactive ketones (excluding diaryl/α,β-unsaturated/α-hetero) is 1. The number of rotatable bonds is 3. The number of methoxy groups -OCH3 is 1. The summed E-state index contributed by atoms with van der Waals surface area (Å²) in [5.74, 6) is 6.08. The number of benzene rings is 1. The van der Waals surface area contributed by atoms with Crippen molar-refractivity contribution in [2.45, 2.75) is 45.6 Å². The number of carbonyl (C=O) groups excluding carboxylic acids is 2. The predicted octanol–water partition coefficient (Wildman–Crippen LogP) is 2.88. The summed E-state index contributed by atoms with van der Waals surface area (Å²) in [6, 6.07) is 3.66. The zero-order chi connectivity index (χ0) is 17.9. The van der Waals surface area contributed by atoms with Gasteiger partial charge in [0.15, 0.2) is 0 Å². The zero-order valence-electron chi connectivity index (χ0n) is 14.7. The molecule has 0 saturated heterocycles. The van der Waals surface area contributed by atoms with Crippen LogP contribution in [-0.4, -0.2) is 24.8 Å². The average Bonchev–Trinajstić information content (AvgIpc) is 2.47. The predicted molar refractivity (Wildman–Crippen MR) is 94.0 cm³/mol. The molecule has 1 aliphatic carbocycles. The van der Waals surface area contributed by atoms with Crippen LogP contribution in [0.2, 0.25) is 0 Å². The quantitative estimate of drug-likeness (QED) is 0.687. The molecule has 126 valence electrons. The van der Waals surface area contributed by atoms with Crippen molar-refractivity contribution in [3.8, 4) is 17.6 Å². The molecule has 1 aromatic rings. The van der Waals surface area contributed by atoms with Crippen LogP contribution < -0.4 is 10.1 Å². The molecular formula is C20H23NO3. The molecule has 0 spiro atoms. The highest BCUT2D eigenvalue weighted by Crippen LogP contribution is 2.40. The van der Waals surface area contributed by atoms with Crippen molar-refractivity contribution >= 4 is 11.7 Å². The van der Waals surface area contributed by atoms with Gasteiger partial charge >= 0.3 is 0 Å². The third-order valence-electron chi connectivity index (χ3n) is 4.22. The molecule has 0 heterocycles. The molecule has 2 atom stereocenters. The molecule has 4 heteroatoms. The number of hydrogen-bond donors (Lipinski definition) is 1. The van der Waals surface area contributed by atoms with Gasteiger partial charge < -0.3 is 10.1 Å². The van der Waals surface area contributed by atoms with Gasteiger partial charge in [-0.05, 0) is 38.0 Å². The molecule has 0 bridgehead atoms. The highest BCUT2D eigenvalue weighted by atomic mass is 16.5. The van der Waals surface area contributed by atoms with Crippen molar-refractivity contribution in [3.05, 3.63) is 41.0 Å². The van der Waals surface area contributed by atoms with Gasteiger partial charge in [-0.25, -0.2) is 0 Å². The molecule has 2 unspecified atom stereocenters. The molecule has 0 aromatic heterocycles. The molecule has 1 aliphatic rings. The maximum atomic E-state index is 12.7. The van der Waals surface area contributed by atoms with Gasteiger partial charge in [0.25, 0.3) is 0 Å². The second kappa shape index (κ2) is 7.35. The van der Waals surface area contributed by atoms with Gasteiger partial charge in [0, 0.05) is 30.5 Å². The lowest BCUT2D eigenvalue weighted by Crippen LogP contribution is -2.40. The van der Waals surface area contributed by atoms with Crippen molar-refractivity contribution in [1.82, 2.24) is 5.32 Å². The highest BCUT2D eigenvalue weighted by Gasteiger charge is 2.35. The second-order valence-electron chi connectivity index (χ2n) is 6.15. The van der Waals surface area contributed by atoms with E-state index in [9.17, 15) is 9.59 Å². The van der Waals surface area contributed by atoms with E-state index in [2.05, 4.69) is 23.7 Å². The van der Waals surface area contributed by atoms with Crippen molar-refractivity contribution in [2.75, 3.05) is 7.11 Å². The summed E-state index contributed by atoms with van der Waals surface area (Å²) in [6.07, 6.45) is 0.900. The van der Waals surface area contributed by atoms with Gasteiger partial charge in [0.2, 0.25) is 5.91 Å². The summed E-state index contributed by atoms with van der Waals surface area (Å²) in [5, 5.41) is 2.81. The Kier molecular flexibility index (Phi) is 5.46. The summed E-state index contributed by atoms with van der Waals surface area (Å²) in [6.45, 7) is 9.30. The number of nitrogens with one attached hydrogen (secondary N) is 1. The number of amides is 1. The molecule has 1 aromatic carbocycles. The topological polar surface area (TPSA) is 55.4 Å². The Balaban J connectivity index is 2.40. The monoisotopic (exact) mass is 325 g/mol. The maximum absolute atomic E-state index is 12.7. The van der Waals surface area contributed by atoms with E-state index >= 15 is 0 Å². The first-order valence-corrected chi connectivity index (χ1v) is 7.96. The minimum atomic E-state index is -0.395. The van der Waals surface area contributed by atoms with Gasteiger partial charge in [-0.3, -0.25) is 9.59 Å². The number of ether oxygens (including phenoxy) is 1. The Morgan fingerprint density at radius 2 is 2.08 bits per heavy atom. The molecule has 24 heavy (non-hydrogen) atoms. The van der Waals surface area contributed by atoms with E-state index in [1.165, 1.54) is 6.92 Å². The summed E-state index contributed by atoms with van der Waals surface area (Å²) in [4.78, 5) is 24.0. The van der Waals surface area contributed by atoms with Crippen LogP contribution in [0.4, 0.5) is 0 Å². The van der Waals surface area contributed by atoms with E-state index in [1.54, 1.807) is 14.0 Å². The fraction of sp³-hybridized carbons (Fsp3) is 0.400. The Bertz CT molecular complexity index is 734. The lowest BCUT2D eigenvalue weighted by molar-refractivity contribution is -0.122. The van der Waals surface area contributed by atoms with E-state index in [-0.39, 0.29) is 17.7 Å². The van der Waals surface area contributed by atoms with Crippen molar-refractivity contribution in [2.24, 2.45) is 0 Å². The molecular weight excluding hydrogens is 302 g/mol. The fourth-order valence-electron chi connectivity index (χ4n) is 3.37. The van der Waals surface area contributed by atoms with E-state index in [4.69, 9.17) is 4.74 Å². The zero-order valence-corrected chi connectivity index (χ0v) is 14.7. The lowest BCUT2D eigenvalue weighted by Gasteiger charge is -2.31. The number of hydrogen-bond acceptors (Lipinski definition) is 3. The van der Waals surface area contributed by atoms with Crippen LogP contribution in [0.1, 0.15) is 49.3 Å². The van der Waals surface area contributed by atoms with Gasteiger partial charge in [-0.15, -0.1) is 5.92 Å². The maximum Gasteiger partial charge on any atom is 0.217 e. The Morgan fingerprint density at radius 1 is 1.38 bits per heavy atom. The highest BCUT2D eigenvalue weighted by molar-refractivity contribution is 5.92. The SMILES string of the molecule is C=C1CC(NC(C)=O)CC(=O)C1c1c(C)cc(C#CC)cc1OC. The normalized spacial score (nSPS) is 20.2. The van der Waals surface area contributed by atoms with Crippen molar-refractivity contribution in [1.29, 1.82) is 0 Å². The minimum absolute atomic E-state index is 0.0562. The molecule has 2 rings (SSSR count). The van der Waals surface area contributed by atoms with E-state index in [0.717, 1.165) is 22.3 Å². The molecule has 1 fully saturated rings. The fourth-order valence-corrected chi connectivity index (χ4v) is 3.37. The summed E-state index contributed by atoms with van der Waals surface area (Å²) in [5.41, 5.74) is 3.49. The largest absolute Gasteiger partial charge is 0.496 e. The van der Waals surface area contributed by atoms with E-state index in [1.807, 2.05) is 19.1 Å². The third kappa shape index (κ3) is 3.68. The first-order chi connectivity index (χ1) is 11.4. The minimum Gasteiger partial charge on any atom is -0.496 e. The van der Waals surface area contributed by atoms with Crippen molar-refractivity contribution < 1.29 is 14.3 Å². The van der Waals surface area contributed by atoms with Crippen molar-refractivity contribution in [3.63, 3.8) is 0 Å². The number of aryl methyl sites for hydroxylation is 1. The van der Waals surface area contributed by atoms with Crippen LogP contribution in [0.5, 0.6) is 5.75 Å². The van der Waals surface area contributed by atoms with Gasteiger partial charge in [0.05, 0.1) is 13.0 Å². The molecule has 1 N–H and O–H groups in total. The lowest BCUT2D eigenvalue weighted by atomic mass is 9.75. The van der Waals surface area contributed by atoms with Crippen LogP contribution in [-0.2, 0) is 9.59 Å². The van der Waals surface area contributed by atoms with Crippen LogP contribution in [0.15, 0.2) is 24.3 Å². The van der Waals surface area contributed by atoms with Gasteiger partial charge in [-0.1, -0.05) is 18.1 Å². The third-order valence-corrected chi connectivity index (χ3v) is 4.22. The van der Waals surface area contributed by atoms with Crippen LogP contribution in [0.3, 0.4) is 0 Å². The summed E-state index contributed by atoms with van der Waals surface area (Å²) >= 11 is 0. The first kappa shape index (κ1) is 17.8. The molecule has 4 nitrogen and oxygen atoms in total. The second-order valence-corrected chi connectivity index (χ2v) is 6.15. The smallest absolute Gasteiger partial charge is 0.217 e. The number of carbonyl (C=O) groups is 2. The van der Waals surface area contributed by atoms with Gasteiger partial charge in [-0.2, -0.15) is 0 Å². The standard InChI is InChI=1S/C20H23NO3/c1-6-7-15-8-12(2)20(18(10-15)24-5)19-13(3)9-16(11-17(19)23)21-14(4)22/h8,10,16,19H,3,9,11H2,1-2,4-5H3,(H,21,22). The summed E-state index contributed by atoms with van der Waals surface area (Å²) in [7, 11) is 1.59.